The topological polar surface area (TPSA) is 78.5 Å². The molecule has 3 aromatic rings. The monoisotopic (exact) mass is 312 g/mol. The molecule has 0 N–H and O–H groups in total. The Bertz CT molecular complexity index is 956. The van der Waals surface area contributed by atoms with E-state index < -0.39 is 5.97 Å². The first-order valence-corrected chi connectivity index (χ1v) is 7.12. The Hall–Kier alpha value is -2.96. The molecule has 0 spiro atoms. The summed E-state index contributed by atoms with van der Waals surface area (Å²) in [5.74, 6) is -0.469. The first-order valence-electron chi connectivity index (χ1n) is 7.12. The molecule has 7 heteroatoms. The molecule has 0 aliphatic carbocycles. The van der Waals surface area contributed by atoms with E-state index >= 15 is 0 Å². The van der Waals surface area contributed by atoms with E-state index in [2.05, 4.69) is 10.1 Å². The predicted molar refractivity (Wildman–Crippen MR) is 83.3 cm³/mol. The van der Waals surface area contributed by atoms with Gasteiger partial charge in [0.05, 0.1) is 11.4 Å². The average molecular weight is 312 g/mol. The Morgan fingerprint density at radius 2 is 2.09 bits per heavy atom. The van der Waals surface area contributed by atoms with Crippen molar-refractivity contribution in [2.75, 3.05) is 0 Å². The molecular formula is C16H16N4O3. The molecule has 0 saturated heterocycles. The number of pyridine rings is 1. The molecule has 3 heterocycles. The van der Waals surface area contributed by atoms with Gasteiger partial charge >= 0.3 is 5.97 Å². The Morgan fingerprint density at radius 1 is 1.30 bits per heavy atom. The first kappa shape index (κ1) is 15.0. The Labute approximate surface area is 132 Å². The highest BCUT2D eigenvalue weighted by molar-refractivity contribution is 5.91. The minimum Gasteiger partial charge on any atom is -0.455 e. The van der Waals surface area contributed by atoms with Crippen LogP contribution < -0.4 is 5.56 Å². The van der Waals surface area contributed by atoms with Gasteiger partial charge in [0.1, 0.15) is 17.8 Å². The average Bonchev–Trinajstić information content (AvgIpc) is 2.78. The summed E-state index contributed by atoms with van der Waals surface area (Å²) in [6, 6.07) is 6.63. The van der Waals surface area contributed by atoms with E-state index in [-0.39, 0.29) is 12.2 Å². The minimum absolute atomic E-state index is 0.0623. The summed E-state index contributed by atoms with van der Waals surface area (Å²) in [6.45, 7) is 3.49. The summed E-state index contributed by atoms with van der Waals surface area (Å²) in [6.07, 6.45) is 1.64. The van der Waals surface area contributed by atoms with Gasteiger partial charge in [-0.1, -0.05) is 6.07 Å². The number of ether oxygens (including phenoxy) is 1. The normalized spacial score (nSPS) is 10.9. The van der Waals surface area contributed by atoms with Crippen LogP contribution in [0.2, 0.25) is 0 Å². The van der Waals surface area contributed by atoms with Gasteiger partial charge in [-0.25, -0.2) is 9.78 Å². The van der Waals surface area contributed by atoms with E-state index in [0.717, 1.165) is 5.69 Å². The smallest absolute Gasteiger partial charge is 0.342 e. The van der Waals surface area contributed by atoms with E-state index in [1.807, 2.05) is 0 Å². The maximum absolute atomic E-state index is 12.2. The van der Waals surface area contributed by atoms with E-state index in [4.69, 9.17) is 4.74 Å². The van der Waals surface area contributed by atoms with Crippen LogP contribution in [0.1, 0.15) is 27.4 Å². The molecular weight excluding hydrogens is 296 g/mol. The van der Waals surface area contributed by atoms with Crippen LogP contribution >= 0.6 is 0 Å². The number of carbonyl (C=O) groups is 1. The van der Waals surface area contributed by atoms with Crippen LogP contribution in [0.25, 0.3) is 5.65 Å². The summed E-state index contributed by atoms with van der Waals surface area (Å²) in [5, 5.41) is 4.19. The second kappa shape index (κ2) is 5.68. The van der Waals surface area contributed by atoms with Crippen molar-refractivity contribution in [3.05, 3.63) is 63.5 Å². The van der Waals surface area contributed by atoms with Gasteiger partial charge in [-0.2, -0.15) is 5.10 Å². The fourth-order valence-corrected chi connectivity index (χ4v) is 2.46. The van der Waals surface area contributed by atoms with Crippen molar-refractivity contribution in [3.63, 3.8) is 0 Å². The van der Waals surface area contributed by atoms with Gasteiger partial charge in [0.2, 0.25) is 0 Å². The van der Waals surface area contributed by atoms with Crippen LogP contribution in [0, 0.1) is 13.8 Å². The predicted octanol–water partition coefficient (Wildman–Crippen LogP) is 1.40. The van der Waals surface area contributed by atoms with Crippen molar-refractivity contribution in [2.45, 2.75) is 20.5 Å². The van der Waals surface area contributed by atoms with Gasteiger partial charge in [0.15, 0.2) is 0 Å². The lowest BCUT2D eigenvalue weighted by Gasteiger charge is -2.06. The highest BCUT2D eigenvalue weighted by atomic mass is 16.5. The van der Waals surface area contributed by atoms with Crippen LogP contribution in [-0.2, 0) is 18.4 Å². The van der Waals surface area contributed by atoms with E-state index in [1.165, 1.54) is 10.5 Å². The van der Waals surface area contributed by atoms with Gasteiger partial charge in [-0.15, -0.1) is 0 Å². The first-order chi connectivity index (χ1) is 11.0. The van der Waals surface area contributed by atoms with Gasteiger partial charge in [0.25, 0.3) is 5.56 Å². The Kier molecular flexibility index (Phi) is 3.69. The maximum atomic E-state index is 12.2. The third-order valence-electron chi connectivity index (χ3n) is 3.69. The highest BCUT2D eigenvalue weighted by Crippen LogP contribution is 2.14. The molecule has 0 amide bonds. The number of hydrogen-bond donors (Lipinski definition) is 0. The van der Waals surface area contributed by atoms with Gasteiger partial charge in [-0.05, 0) is 26.0 Å². The molecule has 0 saturated carbocycles. The maximum Gasteiger partial charge on any atom is 0.342 e. The van der Waals surface area contributed by atoms with E-state index in [1.54, 1.807) is 50.0 Å². The van der Waals surface area contributed by atoms with Crippen LogP contribution in [0.3, 0.4) is 0 Å². The number of carbonyl (C=O) groups excluding carboxylic acids is 1. The van der Waals surface area contributed by atoms with Crippen LogP contribution in [0.4, 0.5) is 0 Å². The molecule has 7 nitrogen and oxygen atoms in total. The van der Waals surface area contributed by atoms with Crippen LogP contribution in [0.15, 0.2) is 35.3 Å². The number of aryl methyl sites for hydroxylation is 2. The van der Waals surface area contributed by atoms with Crippen LogP contribution in [-0.4, -0.2) is 25.1 Å². The number of esters is 1. The summed E-state index contributed by atoms with van der Waals surface area (Å²) in [5.41, 5.74) is 2.51. The quantitative estimate of drug-likeness (QED) is 0.683. The zero-order valence-electron chi connectivity index (χ0n) is 13.1. The summed E-state index contributed by atoms with van der Waals surface area (Å²) in [7, 11) is 1.77. The lowest BCUT2D eigenvalue weighted by atomic mass is 10.2. The van der Waals surface area contributed by atoms with Crippen molar-refractivity contribution in [2.24, 2.45) is 7.05 Å². The highest BCUT2D eigenvalue weighted by Gasteiger charge is 2.19. The molecule has 23 heavy (non-hydrogen) atoms. The summed E-state index contributed by atoms with van der Waals surface area (Å²) in [4.78, 5) is 28.5. The van der Waals surface area contributed by atoms with E-state index in [0.29, 0.717) is 22.6 Å². The van der Waals surface area contributed by atoms with Gasteiger partial charge in [0, 0.05) is 25.0 Å². The lowest BCUT2D eigenvalue weighted by molar-refractivity contribution is 0.0466. The van der Waals surface area contributed by atoms with Crippen molar-refractivity contribution < 1.29 is 9.53 Å². The number of aromatic nitrogens is 4. The third kappa shape index (κ3) is 2.73. The fourth-order valence-electron chi connectivity index (χ4n) is 2.46. The van der Waals surface area contributed by atoms with Crippen molar-refractivity contribution >= 4 is 11.6 Å². The molecule has 0 atom stereocenters. The van der Waals surface area contributed by atoms with Gasteiger partial charge < -0.3 is 4.74 Å². The molecule has 0 radical (unpaired) electrons. The molecule has 3 aromatic heterocycles. The molecule has 0 aliphatic rings. The minimum atomic E-state index is -0.469. The lowest BCUT2D eigenvalue weighted by Crippen LogP contribution is -2.16. The molecule has 118 valence electrons. The zero-order chi connectivity index (χ0) is 16.6. The van der Waals surface area contributed by atoms with Crippen LogP contribution in [0.5, 0.6) is 0 Å². The van der Waals surface area contributed by atoms with Crippen molar-refractivity contribution in [1.82, 2.24) is 19.2 Å². The SMILES string of the molecule is Cc1nn(C)c(C)c1C(=O)OCc1cc(=O)n2ccccc2n1. The molecule has 0 aliphatic heterocycles. The number of fused-ring (bicyclic) bond motifs is 1. The summed E-state index contributed by atoms with van der Waals surface area (Å²) < 4.78 is 8.35. The number of rotatable bonds is 3. The molecule has 0 bridgehead atoms. The Balaban J connectivity index is 1.83. The largest absolute Gasteiger partial charge is 0.455 e. The van der Waals surface area contributed by atoms with Gasteiger partial charge in [-0.3, -0.25) is 13.9 Å². The zero-order valence-corrected chi connectivity index (χ0v) is 13.1. The standard InChI is InChI=1S/C16H16N4O3/c1-10-15(11(2)19(3)18-10)16(22)23-9-12-8-14(21)20-7-5-4-6-13(20)17-12/h4-8H,9H2,1-3H3. The Morgan fingerprint density at radius 3 is 2.78 bits per heavy atom. The van der Waals surface area contributed by atoms with Crippen molar-refractivity contribution in [1.29, 1.82) is 0 Å². The second-order valence-electron chi connectivity index (χ2n) is 5.26. The van der Waals surface area contributed by atoms with Crippen molar-refractivity contribution in [3.8, 4) is 0 Å². The second-order valence-corrected chi connectivity index (χ2v) is 5.26. The summed E-state index contributed by atoms with van der Waals surface area (Å²) >= 11 is 0. The molecule has 0 unspecified atom stereocenters. The molecule has 3 rings (SSSR count). The number of nitrogens with zero attached hydrogens (tertiary/aromatic N) is 4. The molecule has 0 fully saturated rings. The molecule has 0 aromatic carbocycles. The number of hydrogen-bond acceptors (Lipinski definition) is 5. The fraction of sp³-hybridized carbons (Fsp3) is 0.250. The third-order valence-corrected chi connectivity index (χ3v) is 3.69. The van der Waals surface area contributed by atoms with E-state index in [9.17, 15) is 9.59 Å².